The molecule has 0 radical (unpaired) electrons. The molecule has 0 aliphatic rings. The van der Waals surface area contributed by atoms with E-state index in [1.54, 1.807) is 25.1 Å². The Morgan fingerprint density at radius 1 is 1.35 bits per heavy atom. The molecule has 0 atom stereocenters. The molecule has 0 aromatic heterocycles. The third kappa shape index (κ3) is 4.39. The van der Waals surface area contributed by atoms with E-state index in [1.165, 1.54) is 4.90 Å². The van der Waals surface area contributed by atoms with Gasteiger partial charge >= 0.3 is 6.18 Å². The van der Waals surface area contributed by atoms with Crippen molar-refractivity contribution in [2.75, 3.05) is 18.0 Å². The molecule has 0 aliphatic carbocycles. The van der Waals surface area contributed by atoms with Crippen LogP contribution in [0.1, 0.15) is 12.5 Å². The Kier molecular flexibility index (Phi) is 5.13. The minimum Gasteiger partial charge on any atom is -0.363 e. The van der Waals surface area contributed by atoms with Gasteiger partial charge in [-0.1, -0.05) is 22.0 Å². The molecule has 0 fully saturated rings. The highest BCUT2D eigenvalue weighted by atomic mass is 79.9. The average Bonchev–Trinajstić information content (AvgIpc) is 2.24. The van der Waals surface area contributed by atoms with E-state index in [-0.39, 0.29) is 12.4 Å². The third-order valence-corrected chi connectivity index (χ3v) is 3.07. The van der Waals surface area contributed by atoms with Crippen LogP contribution in [0.5, 0.6) is 0 Å². The van der Waals surface area contributed by atoms with Gasteiger partial charge in [0.15, 0.2) is 0 Å². The van der Waals surface area contributed by atoms with Crippen LogP contribution in [-0.2, 0) is 5.88 Å². The van der Waals surface area contributed by atoms with Crippen molar-refractivity contribution < 1.29 is 13.2 Å². The molecular weight excluding hydrogens is 318 g/mol. The van der Waals surface area contributed by atoms with Gasteiger partial charge in [0.05, 0.1) is 0 Å². The fourth-order valence-electron chi connectivity index (χ4n) is 1.53. The first-order valence-electron chi connectivity index (χ1n) is 5.03. The van der Waals surface area contributed by atoms with Gasteiger partial charge in [-0.25, -0.2) is 0 Å². The zero-order valence-electron chi connectivity index (χ0n) is 9.19. The minimum absolute atomic E-state index is 0.191. The minimum atomic E-state index is -4.22. The second-order valence-electron chi connectivity index (χ2n) is 3.54. The van der Waals surface area contributed by atoms with E-state index >= 15 is 0 Å². The molecule has 6 heteroatoms. The maximum absolute atomic E-state index is 12.4. The second kappa shape index (κ2) is 5.96. The summed E-state index contributed by atoms with van der Waals surface area (Å²) in [5.74, 6) is 0.191. The van der Waals surface area contributed by atoms with Gasteiger partial charge in [-0.15, -0.1) is 11.6 Å². The molecule has 96 valence electrons. The molecule has 1 rings (SSSR count). The van der Waals surface area contributed by atoms with Crippen molar-refractivity contribution in [1.82, 2.24) is 0 Å². The summed E-state index contributed by atoms with van der Waals surface area (Å²) in [4.78, 5) is 1.27. The molecule has 0 spiro atoms. The number of anilines is 1. The van der Waals surface area contributed by atoms with Gasteiger partial charge in [-0.05, 0) is 24.6 Å². The fourth-order valence-corrected chi connectivity index (χ4v) is 2.10. The van der Waals surface area contributed by atoms with Crippen LogP contribution in [0.15, 0.2) is 22.7 Å². The lowest BCUT2D eigenvalue weighted by molar-refractivity contribution is -0.119. The van der Waals surface area contributed by atoms with E-state index in [4.69, 9.17) is 11.6 Å². The quantitative estimate of drug-likeness (QED) is 0.731. The van der Waals surface area contributed by atoms with Gasteiger partial charge in [-0.2, -0.15) is 13.2 Å². The first kappa shape index (κ1) is 14.6. The first-order valence-corrected chi connectivity index (χ1v) is 6.36. The Morgan fingerprint density at radius 2 is 2.00 bits per heavy atom. The Morgan fingerprint density at radius 3 is 2.47 bits per heavy atom. The molecule has 0 amide bonds. The summed E-state index contributed by atoms with van der Waals surface area (Å²) in [6.07, 6.45) is -4.22. The van der Waals surface area contributed by atoms with Gasteiger partial charge in [0.2, 0.25) is 0 Å². The predicted octanol–water partition coefficient (Wildman–Crippen LogP) is 4.58. The largest absolute Gasteiger partial charge is 0.405 e. The molecule has 0 aliphatic heterocycles. The molecule has 0 bridgehead atoms. The maximum Gasteiger partial charge on any atom is 0.405 e. The number of hydrogen-bond acceptors (Lipinski definition) is 1. The third-order valence-electron chi connectivity index (χ3n) is 2.28. The Bertz CT molecular complexity index is 381. The summed E-state index contributed by atoms with van der Waals surface area (Å²) in [5, 5.41) is 0. The number of alkyl halides is 4. The van der Waals surface area contributed by atoms with Crippen molar-refractivity contribution in [2.24, 2.45) is 0 Å². The molecule has 0 N–H and O–H groups in total. The smallest absolute Gasteiger partial charge is 0.363 e. The van der Waals surface area contributed by atoms with E-state index < -0.39 is 12.7 Å². The summed E-state index contributed by atoms with van der Waals surface area (Å²) in [6.45, 7) is 0.994. The highest BCUT2D eigenvalue weighted by molar-refractivity contribution is 9.10. The van der Waals surface area contributed by atoms with Crippen LogP contribution in [0, 0.1) is 0 Å². The predicted molar refractivity (Wildman–Crippen MR) is 67.6 cm³/mol. The molecule has 1 aromatic carbocycles. The SMILES string of the molecule is CCN(CC(F)(F)F)c1cc(Br)ccc1CCl. The lowest BCUT2D eigenvalue weighted by Crippen LogP contribution is -2.34. The number of rotatable bonds is 4. The Balaban J connectivity index is 3.06. The van der Waals surface area contributed by atoms with Crippen LogP contribution in [0.4, 0.5) is 18.9 Å². The number of nitrogens with zero attached hydrogens (tertiary/aromatic N) is 1. The maximum atomic E-state index is 12.4. The molecule has 0 saturated carbocycles. The number of hydrogen-bond donors (Lipinski definition) is 0. The molecule has 17 heavy (non-hydrogen) atoms. The van der Waals surface area contributed by atoms with Crippen LogP contribution >= 0.6 is 27.5 Å². The van der Waals surface area contributed by atoms with Crippen molar-refractivity contribution in [3.63, 3.8) is 0 Å². The first-order chi connectivity index (χ1) is 7.87. The summed E-state index contributed by atoms with van der Waals surface area (Å²) in [6, 6.07) is 5.15. The Labute approximate surface area is 112 Å². The van der Waals surface area contributed by atoms with Crippen LogP contribution in [-0.4, -0.2) is 19.3 Å². The zero-order chi connectivity index (χ0) is 13.1. The molecular formula is C11H12BrClF3N. The van der Waals surface area contributed by atoms with Gasteiger partial charge in [0, 0.05) is 22.6 Å². The van der Waals surface area contributed by atoms with Crippen LogP contribution in [0.2, 0.25) is 0 Å². The molecule has 0 unspecified atom stereocenters. The van der Waals surface area contributed by atoms with E-state index in [9.17, 15) is 13.2 Å². The van der Waals surface area contributed by atoms with Gasteiger partial charge < -0.3 is 4.90 Å². The summed E-state index contributed by atoms with van der Waals surface area (Å²) in [5.41, 5.74) is 1.22. The number of halogens is 5. The highest BCUT2D eigenvalue weighted by Crippen LogP contribution is 2.29. The summed E-state index contributed by atoms with van der Waals surface area (Å²) < 4.78 is 38.0. The number of benzene rings is 1. The summed E-state index contributed by atoms with van der Waals surface area (Å²) in [7, 11) is 0. The van der Waals surface area contributed by atoms with E-state index in [1.807, 2.05) is 0 Å². The normalized spacial score (nSPS) is 11.6. The fraction of sp³-hybridized carbons (Fsp3) is 0.455. The summed E-state index contributed by atoms with van der Waals surface area (Å²) >= 11 is 8.99. The standard InChI is InChI=1S/C11H12BrClF3N/c1-2-17(7-11(14,15)16)10-5-9(12)4-3-8(10)6-13/h3-5H,2,6-7H2,1H3. The van der Waals surface area contributed by atoms with Crippen LogP contribution in [0.25, 0.3) is 0 Å². The molecule has 0 heterocycles. The topological polar surface area (TPSA) is 3.24 Å². The van der Waals surface area contributed by atoms with Gasteiger partial charge in [0.1, 0.15) is 6.54 Å². The lowest BCUT2D eigenvalue weighted by atomic mass is 10.2. The zero-order valence-corrected chi connectivity index (χ0v) is 11.5. The van der Waals surface area contributed by atoms with Crippen molar-refractivity contribution in [1.29, 1.82) is 0 Å². The average molecular weight is 331 g/mol. The van der Waals surface area contributed by atoms with Gasteiger partial charge in [-0.3, -0.25) is 0 Å². The van der Waals surface area contributed by atoms with Crippen LogP contribution in [0.3, 0.4) is 0 Å². The highest BCUT2D eigenvalue weighted by Gasteiger charge is 2.31. The van der Waals surface area contributed by atoms with E-state index in [0.29, 0.717) is 11.3 Å². The van der Waals surface area contributed by atoms with Crippen molar-refractivity contribution >= 4 is 33.2 Å². The van der Waals surface area contributed by atoms with Crippen molar-refractivity contribution in [3.05, 3.63) is 28.2 Å². The van der Waals surface area contributed by atoms with Crippen molar-refractivity contribution in [2.45, 2.75) is 19.0 Å². The van der Waals surface area contributed by atoms with E-state index in [0.717, 1.165) is 4.47 Å². The second-order valence-corrected chi connectivity index (χ2v) is 4.72. The molecule has 1 aromatic rings. The van der Waals surface area contributed by atoms with Gasteiger partial charge in [0.25, 0.3) is 0 Å². The van der Waals surface area contributed by atoms with Crippen molar-refractivity contribution in [3.8, 4) is 0 Å². The van der Waals surface area contributed by atoms with Crippen LogP contribution < -0.4 is 4.90 Å². The lowest BCUT2D eigenvalue weighted by Gasteiger charge is -2.26. The van der Waals surface area contributed by atoms with E-state index in [2.05, 4.69) is 15.9 Å². The monoisotopic (exact) mass is 329 g/mol. The Hall–Kier alpha value is -0.420. The molecule has 0 saturated heterocycles. The molecule has 1 nitrogen and oxygen atoms in total.